The number of aromatic nitrogens is 2. The summed E-state index contributed by atoms with van der Waals surface area (Å²) in [4.78, 5) is 78.1. The van der Waals surface area contributed by atoms with Crippen LogP contribution in [-0.2, 0) is 41.9 Å². The molecule has 2 atom stereocenters. The van der Waals surface area contributed by atoms with Crippen LogP contribution in [0.25, 0.3) is 0 Å². The molecule has 4 aliphatic rings. The fourth-order valence-electron chi connectivity index (χ4n) is 6.81. The van der Waals surface area contributed by atoms with Crippen molar-refractivity contribution < 1.29 is 43.2 Å². The number of allylic oxidation sites excluding steroid dienone is 1. The number of nitrogens with two attached hydrogens (primary N) is 1. The minimum absolute atomic E-state index is 0.0984. The number of nitrogen functional groups attached to an aromatic ring is 1. The molecule has 3 aromatic rings. The van der Waals surface area contributed by atoms with E-state index in [4.69, 9.17) is 15.3 Å². The van der Waals surface area contributed by atoms with Gasteiger partial charge >= 0.3 is 5.97 Å². The lowest BCUT2D eigenvalue weighted by Gasteiger charge is -2.49. The van der Waals surface area contributed by atoms with Crippen molar-refractivity contribution in [2.45, 2.75) is 62.7 Å². The summed E-state index contributed by atoms with van der Waals surface area (Å²) in [5, 5.41) is 21.0. The fraction of sp³-hybridized carbons (Fsp3) is 0.351. The van der Waals surface area contributed by atoms with Gasteiger partial charge in [0.25, 0.3) is 17.7 Å². The smallest absolute Gasteiger partial charge is 0.352 e. The third-order valence-electron chi connectivity index (χ3n) is 9.66. The Hall–Kier alpha value is -5.75. The van der Waals surface area contributed by atoms with E-state index in [9.17, 15) is 29.1 Å². The second-order valence-electron chi connectivity index (χ2n) is 13.4. The number of nitrogens with one attached hydrogen (secondary N) is 2. The van der Waals surface area contributed by atoms with Gasteiger partial charge in [-0.1, -0.05) is 5.16 Å². The first kappa shape index (κ1) is 37.6. The minimum Gasteiger partial charge on any atom is -0.497 e. The molecule has 3 aliphatic heterocycles. The van der Waals surface area contributed by atoms with Crippen molar-refractivity contribution in [3.63, 3.8) is 0 Å². The first-order valence-electron chi connectivity index (χ1n) is 17.7. The maximum atomic E-state index is 13.5. The third-order valence-corrected chi connectivity index (χ3v) is 11.6. The van der Waals surface area contributed by atoms with Gasteiger partial charge in [0.1, 0.15) is 34.7 Å². The predicted octanol–water partition coefficient (Wildman–Crippen LogP) is 2.42. The quantitative estimate of drug-likeness (QED) is 0.0650. The Balaban J connectivity index is 0.973. The molecule has 1 saturated carbocycles. The summed E-state index contributed by atoms with van der Waals surface area (Å²) >= 11 is 2.43. The number of benzene rings is 1. The standard InChI is InChI=1S/C37H38N8O8S2/c1-52-25-8-6-24(7-9-25)39-28(46)18-43-13-10-21(11-14-43)17-44-15-12-22(33(44)48)16-23-19-54-35-30(34(49)45(35)31(23)36(50)51)41-32(47)29(27-20-55-37(38)40-27)42-53-26-4-2-3-5-26/h6-11,13-14,16,20,26,30,35H,2-5,12,15,17-19H2,1H3,(H4-,38,39,40,41,46,47,50,51)/p+1/b22-16+,42-29-/t30-,35-/m1/s1. The van der Waals surface area contributed by atoms with E-state index in [1.165, 1.54) is 11.8 Å². The zero-order valence-electron chi connectivity index (χ0n) is 29.8. The highest BCUT2D eigenvalue weighted by Gasteiger charge is 2.54. The molecule has 7 rings (SSSR count). The number of hydrogen-bond acceptors (Lipinski definition) is 12. The largest absolute Gasteiger partial charge is 0.497 e. The molecule has 0 spiro atoms. The van der Waals surface area contributed by atoms with Crippen molar-refractivity contribution in [2.24, 2.45) is 5.16 Å². The summed E-state index contributed by atoms with van der Waals surface area (Å²) in [7, 11) is 1.57. The predicted molar refractivity (Wildman–Crippen MR) is 202 cm³/mol. The molecule has 2 aromatic heterocycles. The number of β-lactam (4-membered cyclic amide) rings is 1. The number of ether oxygens (including phenoxy) is 1. The summed E-state index contributed by atoms with van der Waals surface area (Å²) < 4.78 is 6.88. The van der Waals surface area contributed by atoms with Gasteiger partial charge in [0.2, 0.25) is 12.5 Å². The maximum Gasteiger partial charge on any atom is 0.352 e. The minimum atomic E-state index is -1.31. The Kier molecular flexibility index (Phi) is 11.1. The van der Waals surface area contributed by atoms with E-state index in [0.717, 1.165) is 47.5 Å². The molecule has 4 amide bonds. The number of aliphatic carboxylic acids is 1. The van der Waals surface area contributed by atoms with Crippen LogP contribution in [0.2, 0.25) is 0 Å². The van der Waals surface area contributed by atoms with Crippen LogP contribution in [0.5, 0.6) is 5.75 Å². The van der Waals surface area contributed by atoms with E-state index >= 15 is 0 Å². The van der Waals surface area contributed by atoms with Crippen LogP contribution in [0, 0.1) is 0 Å². The average molecular weight is 788 g/mol. The van der Waals surface area contributed by atoms with Gasteiger partial charge in [-0.05, 0) is 73.6 Å². The van der Waals surface area contributed by atoms with Crippen molar-refractivity contribution in [3.8, 4) is 5.75 Å². The van der Waals surface area contributed by atoms with Gasteiger partial charge in [-0.15, -0.1) is 23.1 Å². The van der Waals surface area contributed by atoms with Crippen molar-refractivity contribution >= 4 is 69.2 Å². The van der Waals surface area contributed by atoms with Crippen molar-refractivity contribution in [1.29, 1.82) is 0 Å². The van der Waals surface area contributed by atoms with Crippen molar-refractivity contribution in [3.05, 3.63) is 88.3 Å². The number of likely N-dealkylation sites (tertiary alicyclic amines) is 1. The lowest BCUT2D eigenvalue weighted by atomic mass is 10.0. The number of oxime groups is 1. The molecule has 0 bridgehead atoms. The van der Waals surface area contributed by atoms with Gasteiger partial charge in [0.05, 0.1) is 7.11 Å². The number of fused-ring (bicyclic) bond motifs is 1. The van der Waals surface area contributed by atoms with Gasteiger partial charge in [0.15, 0.2) is 23.2 Å². The average Bonchev–Trinajstić information content (AvgIpc) is 3.94. The number of carboxylic acid groups (broad SMARTS) is 1. The lowest BCUT2D eigenvalue weighted by Crippen LogP contribution is -2.71. The molecule has 5 N–H and O–H groups in total. The number of carbonyl (C=O) groups is 5. The van der Waals surface area contributed by atoms with Crippen LogP contribution in [0.4, 0.5) is 10.8 Å². The summed E-state index contributed by atoms with van der Waals surface area (Å²) in [6.07, 6.45) is 9.06. The van der Waals surface area contributed by atoms with E-state index in [1.807, 2.05) is 12.1 Å². The van der Waals surface area contributed by atoms with Crippen LogP contribution in [-0.4, -0.2) is 92.1 Å². The first-order chi connectivity index (χ1) is 26.6. The number of pyridine rings is 1. The number of thiazole rings is 1. The van der Waals surface area contributed by atoms with Crippen molar-refractivity contribution in [2.75, 3.05) is 30.5 Å². The Morgan fingerprint density at radius 3 is 2.55 bits per heavy atom. The molecular weight excluding hydrogens is 749 g/mol. The summed E-state index contributed by atoms with van der Waals surface area (Å²) in [6, 6.07) is 9.71. The summed E-state index contributed by atoms with van der Waals surface area (Å²) in [5.41, 5.74) is 7.99. The molecule has 2 saturated heterocycles. The van der Waals surface area contributed by atoms with Gasteiger partial charge in [-0.2, -0.15) is 4.57 Å². The van der Waals surface area contributed by atoms with Crippen LogP contribution in [0.3, 0.4) is 0 Å². The third kappa shape index (κ3) is 8.34. The van der Waals surface area contributed by atoms with Gasteiger partial charge in [-0.25, -0.2) is 9.78 Å². The Bertz CT molecular complexity index is 2090. The normalized spacial score (nSPS) is 20.7. The maximum absolute atomic E-state index is 13.5. The first-order valence-corrected chi connectivity index (χ1v) is 19.6. The van der Waals surface area contributed by atoms with E-state index in [0.29, 0.717) is 42.1 Å². The van der Waals surface area contributed by atoms with Crippen molar-refractivity contribution in [1.82, 2.24) is 20.1 Å². The number of carbonyl (C=O) groups excluding carboxylic acids is 4. The van der Waals surface area contributed by atoms with Crippen LogP contribution >= 0.6 is 23.1 Å². The topological polar surface area (TPSA) is 210 Å². The summed E-state index contributed by atoms with van der Waals surface area (Å²) in [5.74, 6) is -2.11. The molecule has 18 heteroatoms. The highest BCUT2D eigenvalue weighted by atomic mass is 32.2. The number of rotatable bonds is 13. The Morgan fingerprint density at radius 2 is 1.87 bits per heavy atom. The van der Waals surface area contributed by atoms with E-state index in [-0.39, 0.29) is 52.5 Å². The molecule has 0 radical (unpaired) electrons. The second-order valence-corrected chi connectivity index (χ2v) is 15.4. The highest BCUT2D eigenvalue weighted by Crippen LogP contribution is 2.41. The van der Waals surface area contributed by atoms with Gasteiger partial charge < -0.3 is 35.9 Å². The van der Waals surface area contributed by atoms with E-state index < -0.39 is 29.2 Å². The lowest BCUT2D eigenvalue weighted by molar-refractivity contribution is -0.684. The van der Waals surface area contributed by atoms with Crippen LogP contribution in [0.1, 0.15) is 43.4 Å². The zero-order valence-corrected chi connectivity index (χ0v) is 31.4. The Labute approximate surface area is 324 Å². The number of amides is 4. The fourth-order valence-corrected chi connectivity index (χ4v) is 8.66. The number of hydrogen-bond donors (Lipinski definition) is 4. The van der Waals surface area contributed by atoms with Gasteiger partial charge in [-0.3, -0.25) is 24.1 Å². The molecule has 1 aliphatic carbocycles. The highest BCUT2D eigenvalue weighted by molar-refractivity contribution is 8.00. The monoisotopic (exact) mass is 787 g/mol. The Morgan fingerprint density at radius 1 is 1.13 bits per heavy atom. The van der Waals surface area contributed by atoms with Gasteiger partial charge in [0, 0.05) is 47.6 Å². The molecule has 55 heavy (non-hydrogen) atoms. The number of anilines is 2. The molecule has 0 unspecified atom stereocenters. The SMILES string of the molecule is COc1ccc(NC(=O)C[n+]2ccc(CN3CC/C(=C\C4=C(C(=O)O)N5C(=O)[C@@H](NC(=O)/C(=N\OC6CCCC6)c6csc(N)n6)[C@H]5SC4)C3=O)cc2)cc1. The number of carboxylic acids is 1. The summed E-state index contributed by atoms with van der Waals surface area (Å²) in [6.45, 7) is 0.860. The molecule has 5 heterocycles. The molecule has 16 nitrogen and oxygen atoms in total. The molecule has 1 aromatic carbocycles. The number of nitrogens with zero attached hydrogens (tertiary/aromatic N) is 5. The van der Waals surface area contributed by atoms with Crippen LogP contribution < -0.4 is 25.7 Å². The molecule has 3 fully saturated rings. The molecular formula is C37H39N8O8S2+. The zero-order chi connectivity index (χ0) is 38.6. The second kappa shape index (κ2) is 16.3. The molecule has 286 valence electrons. The van der Waals surface area contributed by atoms with Crippen LogP contribution in [0.15, 0.2) is 82.2 Å². The van der Waals surface area contributed by atoms with E-state index in [1.54, 1.807) is 64.7 Å². The van der Waals surface area contributed by atoms with E-state index in [2.05, 4.69) is 20.8 Å². The number of thioether (sulfide) groups is 1. The number of methoxy groups -OCH3 is 1.